The topological polar surface area (TPSA) is 98.6 Å². The van der Waals surface area contributed by atoms with Crippen molar-refractivity contribution in [1.82, 2.24) is 15.2 Å². The number of benzene rings is 2. The summed E-state index contributed by atoms with van der Waals surface area (Å²) in [6.07, 6.45) is 5.91. The molecule has 3 atom stereocenters. The Balaban J connectivity index is 1.10. The van der Waals surface area contributed by atoms with E-state index >= 15 is 4.39 Å². The zero-order valence-corrected chi connectivity index (χ0v) is 22.5. The van der Waals surface area contributed by atoms with Crippen molar-refractivity contribution in [2.45, 2.75) is 74.5 Å². The number of piperidine rings is 2. The first kappa shape index (κ1) is 25.3. The van der Waals surface area contributed by atoms with Crippen LogP contribution in [-0.2, 0) is 31.9 Å². The van der Waals surface area contributed by atoms with Crippen molar-refractivity contribution >= 4 is 22.7 Å². The van der Waals surface area contributed by atoms with Gasteiger partial charge in [-0.25, -0.2) is 4.39 Å². The lowest BCUT2D eigenvalue weighted by molar-refractivity contribution is -0.134. The summed E-state index contributed by atoms with van der Waals surface area (Å²) in [7, 11) is 0. The van der Waals surface area contributed by atoms with Gasteiger partial charge in [0.1, 0.15) is 17.0 Å². The lowest BCUT2D eigenvalue weighted by atomic mass is 9.65. The number of nitrogens with one attached hydrogen (secondary N) is 1. The molecule has 3 saturated heterocycles. The minimum Gasteiger partial charge on any atom is -0.356 e. The van der Waals surface area contributed by atoms with E-state index in [0.29, 0.717) is 41.4 Å². The predicted molar refractivity (Wildman–Crippen MR) is 145 cm³/mol. The van der Waals surface area contributed by atoms with Crippen LogP contribution in [0.4, 0.5) is 4.39 Å². The van der Waals surface area contributed by atoms with Crippen LogP contribution in [0.3, 0.4) is 0 Å². The molecule has 2 aromatic carbocycles. The van der Waals surface area contributed by atoms with Crippen LogP contribution >= 0.6 is 0 Å². The van der Waals surface area contributed by atoms with Crippen LogP contribution in [0.5, 0.6) is 0 Å². The number of likely N-dealkylation sites (tertiary alicyclic amines) is 1. The Hall–Kier alpha value is -3.67. The van der Waals surface area contributed by atoms with E-state index in [9.17, 15) is 14.9 Å². The van der Waals surface area contributed by atoms with Gasteiger partial charge in [0.25, 0.3) is 0 Å². The lowest BCUT2D eigenvalue weighted by Crippen LogP contribution is -2.44. The Labute approximate surface area is 232 Å². The molecular formula is C32H31FN4O3. The Bertz CT molecular complexity index is 1590. The number of carbonyl (C=O) groups is 2. The van der Waals surface area contributed by atoms with Gasteiger partial charge in [-0.15, -0.1) is 0 Å². The van der Waals surface area contributed by atoms with E-state index in [1.807, 2.05) is 6.07 Å². The number of ether oxygens (including phenoxy) is 1. The molecular weight excluding hydrogens is 507 g/mol. The maximum Gasteiger partial charge on any atom is 0.234 e. The van der Waals surface area contributed by atoms with Crippen LogP contribution in [-0.4, -0.2) is 40.4 Å². The number of halogens is 1. The van der Waals surface area contributed by atoms with Gasteiger partial charge in [-0.05, 0) is 67.9 Å². The van der Waals surface area contributed by atoms with Crippen molar-refractivity contribution in [2.24, 2.45) is 0 Å². The van der Waals surface area contributed by atoms with Gasteiger partial charge < -0.3 is 4.74 Å². The van der Waals surface area contributed by atoms with Crippen molar-refractivity contribution in [3.8, 4) is 6.07 Å². The highest BCUT2D eigenvalue weighted by Crippen LogP contribution is 2.61. The van der Waals surface area contributed by atoms with Crippen molar-refractivity contribution in [2.75, 3.05) is 13.1 Å². The largest absolute Gasteiger partial charge is 0.356 e. The van der Waals surface area contributed by atoms with Crippen LogP contribution in [0.15, 0.2) is 48.7 Å². The lowest BCUT2D eigenvalue weighted by Gasteiger charge is -2.36. The number of nitriles is 1. The molecule has 3 aromatic rings. The first-order valence-electron chi connectivity index (χ1n) is 14.1. The van der Waals surface area contributed by atoms with Gasteiger partial charge in [0.2, 0.25) is 11.8 Å². The molecule has 0 radical (unpaired) electrons. The van der Waals surface area contributed by atoms with E-state index in [4.69, 9.17) is 4.74 Å². The number of epoxide rings is 1. The van der Waals surface area contributed by atoms with E-state index in [-0.39, 0.29) is 29.5 Å². The maximum atomic E-state index is 16.1. The van der Waals surface area contributed by atoms with Crippen molar-refractivity contribution in [1.29, 1.82) is 5.26 Å². The van der Waals surface area contributed by atoms with Crippen LogP contribution in [0.2, 0.25) is 0 Å². The second-order valence-electron chi connectivity index (χ2n) is 12.1. The first-order chi connectivity index (χ1) is 19.3. The number of nitrogens with zero attached hydrogens (tertiary/aromatic N) is 3. The zero-order valence-electron chi connectivity index (χ0n) is 22.5. The molecule has 1 aromatic heterocycles. The third-order valence-electron chi connectivity index (χ3n) is 9.75. The molecule has 2 amide bonds. The molecule has 1 N–H and O–H groups in total. The average molecular weight is 539 g/mol. The molecule has 1 aliphatic carbocycles. The molecule has 4 fully saturated rings. The fraction of sp³-hybridized carbons (Fsp3) is 0.438. The van der Waals surface area contributed by atoms with Crippen LogP contribution in [0.25, 0.3) is 10.9 Å². The minimum absolute atomic E-state index is 0.258. The fourth-order valence-electron chi connectivity index (χ4n) is 7.14. The molecule has 7 nitrogen and oxygen atoms in total. The Morgan fingerprint density at radius 1 is 1.18 bits per heavy atom. The third-order valence-corrected chi connectivity index (χ3v) is 9.75. The molecule has 3 unspecified atom stereocenters. The summed E-state index contributed by atoms with van der Waals surface area (Å²) in [5, 5.41) is 12.4. The first-order valence-corrected chi connectivity index (χ1v) is 14.1. The summed E-state index contributed by atoms with van der Waals surface area (Å²) in [5.41, 5.74) is 2.47. The fourth-order valence-corrected chi connectivity index (χ4v) is 7.14. The summed E-state index contributed by atoms with van der Waals surface area (Å²) >= 11 is 0. The Kier molecular flexibility index (Phi) is 5.64. The van der Waals surface area contributed by atoms with Gasteiger partial charge >= 0.3 is 0 Å². The number of hydrogen-bond donors (Lipinski definition) is 1. The van der Waals surface area contributed by atoms with E-state index < -0.39 is 17.1 Å². The normalized spacial score (nSPS) is 29.3. The van der Waals surface area contributed by atoms with Crippen LogP contribution < -0.4 is 5.32 Å². The van der Waals surface area contributed by atoms with Gasteiger partial charge in [0, 0.05) is 43.2 Å². The zero-order chi connectivity index (χ0) is 27.7. The molecule has 0 bridgehead atoms. The van der Waals surface area contributed by atoms with Crippen molar-refractivity contribution in [3.63, 3.8) is 0 Å². The van der Waals surface area contributed by atoms with Gasteiger partial charge in [-0.2, -0.15) is 5.26 Å². The summed E-state index contributed by atoms with van der Waals surface area (Å²) in [6.45, 7) is 4.28. The third kappa shape index (κ3) is 3.79. The van der Waals surface area contributed by atoms with Crippen molar-refractivity contribution in [3.05, 3.63) is 76.7 Å². The summed E-state index contributed by atoms with van der Waals surface area (Å²) in [4.78, 5) is 30.8. The summed E-state index contributed by atoms with van der Waals surface area (Å²) < 4.78 is 22.5. The van der Waals surface area contributed by atoms with E-state index in [2.05, 4.69) is 52.5 Å². The quantitative estimate of drug-likeness (QED) is 0.373. The molecule has 40 heavy (non-hydrogen) atoms. The van der Waals surface area contributed by atoms with E-state index in [1.165, 1.54) is 5.56 Å². The number of hydrogen-bond acceptors (Lipinski definition) is 6. The van der Waals surface area contributed by atoms with Gasteiger partial charge in [0.15, 0.2) is 0 Å². The molecule has 7 rings (SSSR count). The highest BCUT2D eigenvalue weighted by Gasteiger charge is 2.70. The second kappa shape index (κ2) is 8.92. The van der Waals surface area contributed by atoms with E-state index in [1.54, 1.807) is 18.3 Å². The Morgan fingerprint density at radius 2 is 1.98 bits per heavy atom. The molecule has 8 heteroatoms. The number of pyridine rings is 1. The smallest absolute Gasteiger partial charge is 0.234 e. The predicted octanol–water partition coefficient (Wildman–Crippen LogP) is 4.73. The van der Waals surface area contributed by atoms with Crippen molar-refractivity contribution < 1.29 is 18.7 Å². The molecule has 0 spiro atoms. The second-order valence-corrected chi connectivity index (χ2v) is 12.1. The van der Waals surface area contributed by atoms with Gasteiger partial charge in [-0.1, -0.05) is 30.3 Å². The standard InChI is InChI=1S/C32H31FN4O3/c1-30-19-37(17-20-3-5-22(6-4-20)31(18-34)11-2-12-31)14-13-32(30,40-30)25-8-9-26-24(28(25)33)15-21(16-35-26)23-7-10-27(38)36-29(23)39/h3-6,8-9,15-16,23H,2,7,10-14,17,19H2,1H3,(H,36,38,39). The van der Waals surface area contributed by atoms with Gasteiger partial charge in [0.05, 0.1) is 22.9 Å². The molecule has 204 valence electrons. The van der Waals surface area contributed by atoms with Gasteiger partial charge in [-0.3, -0.25) is 24.8 Å². The minimum atomic E-state index is -0.695. The number of imide groups is 1. The number of aromatic nitrogens is 1. The molecule has 1 saturated carbocycles. The average Bonchev–Trinajstić information content (AvgIpc) is 3.55. The number of carbonyl (C=O) groups excluding carboxylic acids is 2. The highest BCUT2D eigenvalue weighted by atomic mass is 19.1. The number of amides is 2. The van der Waals surface area contributed by atoms with E-state index in [0.717, 1.165) is 37.9 Å². The maximum absolute atomic E-state index is 16.1. The molecule has 4 heterocycles. The number of fused-ring (bicyclic) bond motifs is 2. The molecule has 3 aliphatic heterocycles. The number of rotatable bonds is 5. The SMILES string of the molecule is CC12CN(Cc3ccc(C4(C#N)CCC4)cc3)CCC1(c1ccc3ncc(C4CCC(=O)NC4=O)cc3c1F)O2. The monoisotopic (exact) mass is 538 g/mol. The Morgan fingerprint density at radius 3 is 2.65 bits per heavy atom. The van der Waals surface area contributed by atoms with Crippen LogP contribution in [0, 0.1) is 17.1 Å². The summed E-state index contributed by atoms with van der Waals surface area (Å²) in [6, 6.07) is 16.3. The molecule has 4 aliphatic rings. The highest BCUT2D eigenvalue weighted by molar-refractivity contribution is 6.01. The summed E-state index contributed by atoms with van der Waals surface area (Å²) in [5.74, 6) is -1.51. The van der Waals surface area contributed by atoms with Crippen LogP contribution in [0.1, 0.15) is 73.6 Å².